The number of hydrogen-bond donors (Lipinski definition) is 1. The Morgan fingerprint density at radius 2 is 2.42 bits per heavy atom. The molecule has 12 heavy (non-hydrogen) atoms. The Morgan fingerprint density at radius 3 is 3.00 bits per heavy atom. The van der Waals surface area contributed by atoms with Crippen molar-refractivity contribution in [1.29, 1.82) is 0 Å². The lowest BCUT2D eigenvalue weighted by Crippen LogP contribution is -2.21. The second-order valence-electron chi connectivity index (χ2n) is 2.63. The third-order valence-electron chi connectivity index (χ3n) is 1.66. The molecule has 0 saturated heterocycles. The van der Waals surface area contributed by atoms with Crippen LogP contribution in [-0.4, -0.2) is 30.1 Å². The van der Waals surface area contributed by atoms with Crippen molar-refractivity contribution in [3.8, 4) is 0 Å². The van der Waals surface area contributed by atoms with Crippen LogP contribution in [-0.2, 0) is 0 Å². The van der Waals surface area contributed by atoms with Crippen LogP contribution in [0.1, 0.15) is 6.42 Å². The molecule has 1 rings (SSSR count). The molecule has 1 aromatic rings. The van der Waals surface area contributed by atoms with Gasteiger partial charge in [-0.15, -0.1) is 0 Å². The third kappa shape index (κ3) is 2.47. The van der Waals surface area contributed by atoms with E-state index in [1.54, 1.807) is 12.5 Å². The minimum atomic E-state index is 0.718. The topological polar surface area (TPSA) is 55.0 Å². The fraction of sp³-hybridized carbons (Fsp3) is 0.500. The second-order valence-corrected chi connectivity index (χ2v) is 2.63. The Kier molecular flexibility index (Phi) is 3.47. The van der Waals surface area contributed by atoms with Gasteiger partial charge in [0.25, 0.3) is 0 Å². The van der Waals surface area contributed by atoms with Crippen molar-refractivity contribution in [3.05, 3.63) is 18.6 Å². The van der Waals surface area contributed by atoms with Gasteiger partial charge >= 0.3 is 0 Å². The maximum Gasteiger partial charge on any atom is 0.131 e. The fourth-order valence-corrected chi connectivity index (χ4v) is 0.953. The average molecular weight is 166 g/mol. The summed E-state index contributed by atoms with van der Waals surface area (Å²) in [7, 11) is 2.00. The lowest BCUT2D eigenvalue weighted by Gasteiger charge is -2.16. The summed E-state index contributed by atoms with van der Waals surface area (Å²) in [5.41, 5.74) is 5.40. The minimum absolute atomic E-state index is 0.718. The van der Waals surface area contributed by atoms with Crippen molar-refractivity contribution in [3.63, 3.8) is 0 Å². The van der Waals surface area contributed by atoms with E-state index in [-0.39, 0.29) is 0 Å². The summed E-state index contributed by atoms with van der Waals surface area (Å²) in [6, 6.07) is 1.89. The molecule has 66 valence electrons. The van der Waals surface area contributed by atoms with Gasteiger partial charge in [-0.1, -0.05) is 0 Å². The lowest BCUT2D eigenvalue weighted by molar-refractivity contribution is 0.785. The van der Waals surface area contributed by atoms with Crippen LogP contribution in [0.25, 0.3) is 0 Å². The predicted octanol–water partition coefficient (Wildman–Crippen LogP) is 0.262. The Labute approximate surface area is 72.4 Å². The van der Waals surface area contributed by atoms with E-state index < -0.39 is 0 Å². The fourth-order valence-electron chi connectivity index (χ4n) is 0.953. The number of rotatable bonds is 4. The molecular weight excluding hydrogens is 152 g/mol. The van der Waals surface area contributed by atoms with Crippen molar-refractivity contribution in [1.82, 2.24) is 9.97 Å². The first-order valence-electron chi connectivity index (χ1n) is 4.02. The average Bonchev–Trinajstić information content (AvgIpc) is 2.15. The SMILES string of the molecule is CN(CCCN)c1ccncn1. The molecule has 4 heteroatoms. The van der Waals surface area contributed by atoms with Gasteiger partial charge in [0.2, 0.25) is 0 Å². The normalized spacial score (nSPS) is 9.83. The van der Waals surface area contributed by atoms with Crippen LogP contribution >= 0.6 is 0 Å². The number of hydrogen-bond acceptors (Lipinski definition) is 4. The Balaban J connectivity index is 2.48. The summed E-state index contributed by atoms with van der Waals surface area (Å²) in [6.07, 6.45) is 4.27. The molecule has 1 aromatic heterocycles. The quantitative estimate of drug-likeness (QED) is 0.697. The van der Waals surface area contributed by atoms with Gasteiger partial charge in [0.1, 0.15) is 12.1 Å². The molecule has 0 aliphatic heterocycles. The summed E-state index contributed by atoms with van der Waals surface area (Å²) in [5.74, 6) is 0.943. The van der Waals surface area contributed by atoms with E-state index in [1.165, 1.54) is 0 Å². The van der Waals surface area contributed by atoms with Crippen molar-refractivity contribution in [2.45, 2.75) is 6.42 Å². The minimum Gasteiger partial charge on any atom is -0.360 e. The van der Waals surface area contributed by atoms with Crippen LogP contribution in [0.2, 0.25) is 0 Å². The molecule has 0 amide bonds. The highest BCUT2D eigenvalue weighted by molar-refractivity contribution is 5.34. The number of nitrogens with zero attached hydrogens (tertiary/aromatic N) is 3. The van der Waals surface area contributed by atoms with Crippen LogP contribution in [0.15, 0.2) is 18.6 Å². The molecule has 0 fully saturated rings. The summed E-state index contributed by atoms with van der Waals surface area (Å²) < 4.78 is 0. The van der Waals surface area contributed by atoms with Crippen molar-refractivity contribution >= 4 is 5.82 Å². The van der Waals surface area contributed by atoms with E-state index in [9.17, 15) is 0 Å². The Hall–Kier alpha value is -1.16. The number of anilines is 1. The van der Waals surface area contributed by atoms with E-state index in [0.717, 1.165) is 25.3 Å². The van der Waals surface area contributed by atoms with E-state index in [4.69, 9.17) is 5.73 Å². The predicted molar refractivity (Wildman–Crippen MR) is 49.0 cm³/mol. The molecule has 0 saturated carbocycles. The maximum absolute atomic E-state index is 5.40. The Bertz CT molecular complexity index is 212. The summed E-state index contributed by atoms with van der Waals surface area (Å²) in [6.45, 7) is 1.66. The molecule has 0 radical (unpaired) electrons. The number of nitrogens with two attached hydrogens (primary N) is 1. The third-order valence-corrected chi connectivity index (χ3v) is 1.66. The smallest absolute Gasteiger partial charge is 0.131 e. The van der Waals surface area contributed by atoms with E-state index in [2.05, 4.69) is 14.9 Å². The van der Waals surface area contributed by atoms with Gasteiger partial charge in [-0.25, -0.2) is 9.97 Å². The zero-order chi connectivity index (χ0) is 8.81. The largest absolute Gasteiger partial charge is 0.360 e. The standard InChI is InChI=1S/C8H14N4/c1-12(6-2-4-9)8-3-5-10-7-11-8/h3,5,7H,2,4,6,9H2,1H3. The van der Waals surface area contributed by atoms with Gasteiger partial charge < -0.3 is 10.6 Å². The van der Waals surface area contributed by atoms with Crippen molar-refractivity contribution < 1.29 is 0 Å². The molecule has 0 spiro atoms. The molecule has 0 aromatic carbocycles. The summed E-state index contributed by atoms with van der Waals surface area (Å²) in [4.78, 5) is 10.0. The molecule has 0 aliphatic carbocycles. The van der Waals surface area contributed by atoms with Gasteiger partial charge in [-0.05, 0) is 19.0 Å². The first kappa shape index (κ1) is 8.93. The highest BCUT2D eigenvalue weighted by Crippen LogP contribution is 2.04. The Morgan fingerprint density at radius 1 is 1.58 bits per heavy atom. The monoisotopic (exact) mass is 166 g/mol. The zero-order valence-corrected chi connectivity index (χ0v) is 7.27. The van der Waals surface area contributed by atoms with Crippen LogP contribution in [0.3, 0.4) is 0 Å². The zero-order valence-electron chi connectivity index (χ0n) is 7.27. The van der Waals surface area contributed by atoms with Gasteiger partial charge in [0.05, 0.1) is 0 Å². The molecule has 1 heterocycles. The molecule has 4 nitrogen and oxygen atoms in total. The molecule has 0 bridgehead atoms. The molecule has 2 N–H and O–H groups in total. The van der Waals surface area contributed by atoms with Crippen molar-refractivity contribution in [2.24, 2.45) is 5.73 Å². The van der Waals surface area contributed by atoms with E-state index >= 15 is 0 Å². The van der Waals surface area contributed by atoms with Crippen LogP contribution in [0.5, 0.6) is 0 Å². The first-order chi connectivity index (χ1) is 5.84. The highest BCUT2D eigenvalue weighted by Gasteiger charge is 1.98. The molecule has 0 unspecified atom stereocenters. The molecule has 0 atom stereocenters. The van der Waals surface area contributed by atoms with Crippen molar-refractivity contribution in [2.75, 3.05) is 25.0 Å². The van der Waals surface area contributed by atoms with Gasteiger partial charge in [0.15, 0.2) is 0 Å². The van der Waals surface area contributed by atoms with Gasteiger partial charge in [-0.2, -0.15) is 0 Å². The lowest BCUT2D eigenvalue weighted by atomic mass is 10.4. The summed E-state index contributed by atoms with van der Waals surface area (Å²) >= 11 is 0. The van der Waals surface area contributed by atoms with Crippen LogP contribution < -0.4 is 10.6 Å². The molecular formula is C8H14N4. The van der Waals surface area contributed by atoms with Crippen LogP contribution in [0, 0.1) is 0 Å². The maximum atomic E-state index is 5.40. The van der Waals surface area contributed by atoms with Gasteiger partial charge in [0, 0.05) is 19.8 Å². The highest BCUT2D eigenvalue weighted by atomic mass is 15.2. The van der Waals surface area contributed by atoms with Gasteiger partial charge in [-0.3, -0.25) is 0 Å². The number of aromatic nitrogens is 2. The van der Waals surface area contributed by atoms with E-state index in [0.29, 0.717) is 0 Å². The molecule has 0 aliphatic rings. The van der Waals surface area contributed by atoms with Crippen LogP contribution in [0.4, 0.5) is 5.82 Å². The first-order valence-corrected chi connectivity index (χ1v) is 4.02. The van der Waals surface area contributed by atoms with E-state index in [1.807, 2.05) is 13.1 Å². The second kappa shape index (κ2) is 4.66. The summed E-state index contributed by atoms with van der Waals surface area (Å²) in [5, 5.41) is 0.